The van der Waals surface area contributed by atoms with E-state index in [2.05, 4.69) is 24.5 Å². The van der Waals surface area contributed by atoms with Crippen LogP contribution >= 0.6 is 0 Å². The van der Waals surface area contributed by atoms with Crippen molar-refractivity contribution in [3.05, 3.63) is 23.8 Å². The van der Waals surface area contributed by atoms with E-state index in [4.69, 9.17) is 14.2 Å². The number of hydrogen-bond acceptors (Lipinski definition) is 7. The van der Waals surface area contributed by atoms with E-state index in [0.29, 0.717) is 69.6 Å². The second-order valence-corrected chi connectivity index (χ2v) is 8.82. The molecule has 33 heavy (non-hydrogen) atoms. The van der Waals surface area contributed by atoms with E-state index in [-0.39, 0.29) is 18.7 Å². The number of nitrogens with one attached hydrogen (secondary N) is 2. The third kappa shape index (κ3) is 10.6. The lowest BCUT2D eigenvalue weighted by molar-refractivity contribution is 0.0936. The summed E-state index contributed by atoms with van der Waals surface area (Å²) in [6.45, 7) is 8.29. The molecule has 4 N–H and O–H groups in total. The van der Waals surface area contributed by atoms with Crippen LogP contribution in [0.25, 0.3) is 0 Å². The van der Waals surface area contributed by atoms with Crippen molar-refractivity contribution in [3.8, 4) is 11.5 Å². The van der Waals surface area contributed by atoms with Gasteiger partial charge in [0.1, 0.15) is 12.7 Å². The molecule has 9 heteroatoms. The molecule has 0 radical (unpaired) electrons. The number of hydrogen-bond donors (Lipinski definition) is 4. The van der Waals surface area contributed by atoms with E-state index in [0.717, 1.165) is 18.6 Å². The molecule has 1 aliphatic rings. The molecule has 188 valence electrons. The Morgan fingerprint density at radius 2 is 1.94 bits per heavy atom. The highest BCUT2D eigenvalue weighted by Gasteiger charge is 2.20. The summed E-state index contributed by atoms with van der Waals surface area (Å²) < 4.78 is 16.8. The first-order valence-electron chi connectivity index (χ1n) is 11.9. The van der Waals surface area contributed by atoms with Crippen LogP contribution in [0.1, 0.15) is 32.3 Å². The monoisotopic (exact) mass is 467 g/mol. The van der Waals surface area contributed by atoms with E-state index in [9.17, 15) is 15.0 Å². The Kier molecular flexibility index (Phi) is 12.3. The average molecular weight is 468 g/mol. The molecule has 0 aromatic heterocycles. The van der Waals surface area contributed by atoms with Gasteiger partial charge < -0.3 is 40.0 Å². The summed E-state index contributed by atoms with van der Waals surface area (Å²) in [6.07, 6.45) is 1.05. The molecule has 1 aliphatic heterocycles. The summed E-state index contributed by atoms with van der Waals surface area (Å²) in [4.78, 5) is 13.8. The summed E-state index contributed by atoms with van der Waals surface area (Å²) in [5.74, 6) is 1.73. The van der Waals surface area contributed by atoms with Gasteiger partial charge in [0, 0.05) is 39.3 Å². The fourth-order valence-corrected chi connectivity index (χ4v) is 3.45. The van der Waals surface area contributed by atoms with Crippen molar-refractivity contribution in [1.82, 2.24) is 15.5 Å². The van der Waals surface area contributed by atoms with Crippen molar-refractivity contribution in [2.24, 2.45) is 5.92 Å². The van der Waals surface area contributed by atoms with E-state index >= 15 is 0 Å². The Morgan fingerprint density at radius 3 is 2.64 bits per heavy atom. The van der Waals surface area contributed by atoms with Crippen molar-refractivity contribution in [3.63, 3.8) is 0 Å². The van der Waals surface area contributed by atoms with Gasteiger partial charge in [-0.05, 0) is 42.9 Å². The number of likely N-dealkylation sites (tertiary alicyclic amines) is 1. The van der Waals surface area contributed by atoms with Gasteiger partial charge in [0.15, 0.2) is 11.5 Å². The first-order valence-corrected chi connectivity index (χ1v) is 11.9. The predicted octanol–water partition coefficient (Wildman–Crippen LogP) is 1.41. The molecule has 0 spiro atoms. The summed E-state index contributed by atoms with van der Waals surface area (Å²) in [5, 5.41) is 25.7. The third-order valence-electron chi connectivity index (χ3n) is 5.36. The zero-order valence-electron chi connectivity index (χ0n) is 20.2. The highest BCUT2D eigenvalue weighted by molar-refractivity contribution is 5.74. The Labute approximate surface area is 197 Å². The number of carbonyl (C=O) groups excluding carboxylic acids is 1. The zero-order chi connectivity index (χ0) is 24.1. The van der Waals surface area contributed by atoms with E-state index < -0.39 is 6.10 Å². The van der Waals surface area contributed by atoms with E-state index in [1.54, 1.807) is 12.0 Å². The van der Waals surface area contributed by atoms with Crippen LogP contribution < -0.4 is 20.1 Å². The molecular weight excluding hydrogens is 426 g/mol. The number of carbonyl (C=O) groups is 1. The minimum absolute atomic E-state index is 0.116. The van der Waals surface area contributed by atoms with Crippen LogP contribution in [0, 0.1) is 5.92 Å². The number of ether oxygens (including phenoxy) is 3. The van der Waals surface area contributed by atoms with Crippen molar-refractivity contribution in [1.29, 1.82) is 0 Å². The molecule has 1 aromatic carbocycles. The number of rotatable bonds is 14. The maximum absolute atomic E-state index is 12.1. The molecule has 0 aliphatic carbocycles. The lowest BCUT2D eigenvalue weighted by Crippen LogP contribution is -2.47. The summed E-state index contributed by atoms with van der Waals surface area (Å²) in [5.41, 5.74) is 1.10. The topological polar surface area (TPSA) is 113 Å². The van der Waals surface area contributed by atoms with Crippen LogP contribution in [0.3, 0.4) is 0 Å². The van der Waals surface area contributed by atoms with Gasteiger partial charge in [-0.1, -0.05) is 19.9 Å². The number of aliphatic hydroxyl groups excluding tert-OH is 2. The number of nitrogens with zero attached hydrogens (tertiary/aromatic N) is 1. The molecule has 1 aromatic rings. The van der Waals surface area contributed by atoms with Crippen LogP contribution in [0.4, 0.5) is 4.79 Å². The quantitative estimate of drug-likeness (QED) is 0.306. The van der Waals surface area contributed by atoms with Gasteiger partial charge in [-0.2, -0.15) is 0 Å². The van der Waals surface area contributed by atoms with Crippen LogP contribution in [0.5, 0.6) is 11.5 Å². The second-order valence-electron chi connectivity index (χ2n) is 8.82. The van der Waals surface area contributed by atoms with Gasteiger partial charge in [0.25, 0.3) is 0 Å². The molecule has 0 saturated carbocycles. The van der Waals surface area contributed by atoms with Crippen molar-refractivity contribution >= 4 is 6.03 Å². The van der Waals surface area contributed by atoms with Gasteiger partial charge in [-0.15, -0.1) is 0 Å². The standard InChI is InChI=1S/C24H41N3O6/c1-18(2)16-32-13-8-19-4-5-22(23(14-19)31-3)33-17-21(29)15-25-9-10-26-24(30)27-11-6-20(28)7-12-27/h4-5,14,18,20-21,25,28-29H,6-13,15-17H2,1-3H3,(H,26,30). The molecule has 1 unspecified atom stereocenters. The molecular formula is C24H41N3O6. The van der Waals surface area contributed by atoms with Gasteiger partial charge in [0.05, 0.1) is 19.8 Å². The summed E-state index contributed by atoms with van der Waals surface area (Å²) in [7, 11) is 1.60. The normalized spacial score (nSPS) is 15.5. The van der Waals surface area contributed by atoms with E-state index in [1.165, 1.54) is 0 Å². The SMILES string of the molecule is COc1cc(CCOCC(C)C)ccc1OCC(O)CNCCNC(=O)N1CCC(O)CC1. The maximum atomic E-state index is 12.1. The number of amides is 2. The molecule has 1 fully saturated rings. The number of urea groups is 1. The van der Waals surface area contributed by atoms with Crippen molar-refractivity contribution in [2.75, 3.05) is 59.7 Å². The summed E-state index contributed by atoms with van der Waals surface area (Å²) in [6, 6.07) is 5.65. The lowest BCUT2D eigenvalue weighted by atomic mass is 10.1. The lowest BCUT2D eigenvalue weighted by Gasteiger charge is -2.29. The van der Waals surface area contributed by atoms with Crippen LogP contribution in [0.15, 0.2) is 18.2 Å². The van der Waals surface area contributed by atoms with Crippen molar-refractivity contribution < 1.29 is 29.2 Å². The fraction of sp³-hybridized carbons (Fsp3) is 0.708. The van der Waals surface area contributed by atoms with Gasteiger partial charge >= 0.3 is 6.03 Å². The molecule has 2 rings (SSSR count). The fourth-order valence-electron chi connectivity index (χ4n) is 3.45. The van der Waals surface area contributed by atoms with Crippen LogP contribution in [0.2, 0.25) is 0 Å². The number of methoxy groups -OCH3 is 1. The Morgan fingerprint density at radius 1 is 1.18 bits per heavy atom. The predicted molar refractivity (Wildman–Crippen MR) is 127 cm³/mol. The average Bonchev–Trinajstić information content (AvgIpc) is 2.80. The Hall–Kier alpha value is -2.07. The number of benzene rings is 1. The van der Waals surface area contributed by atoms with Gasteiger partial charge in [-0.3, -0.25) is 0 Å². The molecule has 1 heterocycles. The molecule has 2 amide bonds. The van der Waals surface area contributed by atoms with Crippen LogP contribution in [-0.2, 0) is 11.2 Å². The first kappa shape index (κ1) is 27.2. The Bertz CT molecular complexity index is 695. The highest BCUT2D eigenvalue weighted by atomic mass is 16.5. The number of piperidine rings is 1. The minimum Gasteiger partial charge on any atom is -0.493 e. The van der Waals surface area contributed by atoms with Gasteiger partial charge in [0.2, 0.25) is 0 Å². The molecule has 1 saturated heterocycles. The molecule has 9 nitrogen and oxygen atoms in total. The highest BCUT2D eigenvalue weighted by Crippen LogP contribution is 2.28. The minimum atomic E-state index is -0.696. The zero-order valence-corrected chi connectivity index (χ0v) is 20.2. The first-order chi connectivity index (χ1) is 15.9. The van der Waals surface area contributed by atoms with Crippen LogP contribution in [-0.4, -0.2) is 93.0 Å². The van der Waals surface area contributed by atoms with E-state index in [1.807, 2.05) is 18.2 Å². The largest absolute Gasteiger partial charge is 0.493 e. The van der Waals surface area contributed by atoms with Crippen molar-refractivity contribution in [2.45, 2.75) is 45.3 Å². The number of aliphatic hydroxyl groups is 2. The maximum Gasteiger partial charge on any atom is 0.317 e. The molecule has 0 bridgehead atoms. The Balaban J connectivity index is 1.61. The third-order valence-corrected chi connectivity index (χ3v) is 5.36. The smallest absolute Gasteiger partial charge is 0.317 e. The second kappa shape index (κ2) is 15.0. The van der Waals surface area contributed by atoms with Gasteiger partial charge in [-0.25, -0.2) is 4.79 Å². The molecule has 1 atom stereocenters. The summed E-state index contributed by atoms with van der Waals surface area (Å²) >= 11 is 0.